The van der Waals surface area contributed by atoms with Crippen LogP contribution in [0.3, 0.4) is 0 Å². The molecule has 8 aromatic carbocycles. The lowest BCUT2D eigenvalue weighted by Crippen LogP contribution is -2.13. The maximum Gasteiger partial charge on any atom is 0.194 e. The number of fused-ring (bicyclic) bond motifs is 6. The van der Waals surface area contributed by atoms with Gasteiger partial charge in [0.2, 0.25) is 0 Å². The van der Waals surface area contributed by atoms with Gasteiger partial charge in [-0.25, -0.2) is 4.85 Å². The second-order valence-electron chi connectivity index (χ2n) is 11.6. The summed E-state index contributed by atoms with van der Waals surface area (Å²) >= 11 is 0. The van der Waals surface area contributed by atoms with Crippen molar-refractivity contribution in [2.45, 2.75) is 6.54 Å². The molecule has 0 spiro atoms. The molecule has 0 aliphatic rings. The van der Waals surface area contributed by atoms with Crippen molar-refractivity contribution in [3.8, 4) is 22.3 Å². The molecule has 2 N–H and O–H groups in total. The van der Waals surface area contributed by atoms with Crippen LogP contribution >= 0.6 is 0 Å². The van der Waals surface area contributed by atoms with E-state index in [2.05, 4.69) is 114 Å². The maximum absolute atomic E-state index is 7.73. The second kappa shape index (κ2) is 11.4. The average molecular weight is 588 g/mol. The molecule has 0 atom stereocenters. The van der Waals surface area contributed by atoms with Crippen LogP contribution < -0.4 is 5.73 Å². The fraction of sp³-hybridized carbons (Fsp3) is 0.0233. The molecule has 0 aromatic heterocycles. The third-order valence-electron chi connectivity index (χ3n) is 8.94. The lowest BCUT2D eigenvalue weighted by molar-refractivity contribution is 1.06. The molecular formula is C43H29N3. The van der Waals surface area contributed by atoms with Crippen molar-refractivity contribution in [3.63, 3.8) is 0 Å². The lowest BCUT2D eigenvalue weighted by atomic mass is 9.86. The molecule has 216 valence electrons. The van der Waals surface area contributed by atoms with Crippen LogP contribution in [-0.4, -0.2) is 5.84 Å². The van der Waals surface area contributed by atoms with E-state index in [1.165, 1.54) is 32.3 Å². The predicted molar refractivity (Wildman–Crippen MR) is 194 cm³/mol. The van der Waals surface area contributed by atoms with Crippen molar-refractivity contribution < 1.29 is 0 Å². The molecule has 0 aliphatic carbocycles. The first-order valence-corrected chi connectivity index (χ1v) is 15.4. The normalized spacial score (nSPS) is 11.8. The summed E-state index contributed by atoms with van der Waals surface area (Å²) in [4.78, 5) is 8.50. The Labute approximate surface area is 267 Å². The highest BCUT2D eigenvalue weighted by Gasteiger charge is 2.16. The summed E-state index contributed by atoms with van der Waals surface area (Å²) < 4.78 is 0. The van der Waals surface area contributed by atoms with E-state index in [9.17, 15) is 0 Å². The Kier molecular flexibility index (Phi) is 6.74. The second-order valence-corrected chi connectivity index (χ2v) is 11.6. The molecule has 0 radical (unpaired) electrons. The minimum atomic E-state index is 0.530. The van der Waals surface area contributed by atoms with Gasteiger partial charge in [-0.15, -0.1) is 0 Å². The molecule has 0 saturated heterocycles. The minimum absolute atomic E-state index is 0.530. The highest BCUT2D eigenvalue weighted by Crippen LogP contribution is 2.44. The van der Waals surface area contributed by atoms with Gasteiger partial charge in [0.15, 0.2) is 5.69 Å². The van der Waals surface area contributed by atoms with Gasteiger partial charge in [0.25, 0.3) is 0 Å². The summed E-state index contributed by atoms with van der Waals surface area (Å²) in [5.74, 6) is 0.530. The van der Waals surface area contributed by atoms with Gasteiger partial charge in [0.1, 0.15) is 5.84 Å². The summed E-state index contributed by atoms with van der Waals surface area (Å²) in [5, 5.41) is 9.22. The SMILES string of the molecule is [C-]#[N+]c1ccc(-c2cc3c4ccccc4c(-c4cccc(C(N)=NCc5ccccc5)c4)cc3c3ccccc23)c2ccccc12. The fourth-order valence-corrected chi connectivity index (χ4v) is 6.73. The first kappa shape index (κ1) is 27.3. The van der Waals surface area contributed by atoms with Crippen LogP contribution in [-0.2, 0) is 6.54 Å². The van der Waals surface area contributed by atoms with Gasteiger partial charge in [0, 0.05) is 5.56 Å². The Balaban J connectivity index is 1.35. The number of aliphatic imine (C=N–C) groups is 1. The Morgan fingerprint density at radius 2 is 1.07 bits per heavy atom. The first-order valence-electron chi connectivity index (χ1n) is 15.4. The number of rotatable bonds is 5. The van der Waals surface area contributed by atoms with Crippen molar-refractivity contribution in [2.24, 2.45) is 10.7 Å². The van der Waals surface area contributed by atoms with Gasteiger partial charge in [-0.1, -0.05) is 133 Å². The number of hydrogen-bond donors (Lipinski definition) is 1. The Hall–Kier alpha value is -6.24. The molecule has 8 rings (SSSR count). The minimum Gasteiger partial charge on any atom is -0.383 e. The largest absolute Gasteiger partial charge is 0.383 e. The number of nitrogens with two attached hydrogens (primary N) is 1. The topological polar surface area (TPSA) is 42.7 Å². The van der Waals surface area contributed by atoms with E-state index in [4.69, 9.17) is 17.3 Å². The summed E-state index contributed by atoms with van der Waals surface area (Å²) in [7, 11) is 0. The first-order chi connectivity index (χ1) is 22.7. The Bertz CT molecular complexity index is 2520. The molecular weight excluding hydrogens is 558 g/mol. The van der Waals surface area contributed by atoms with Crippen LogP contribution in [0.15, 0.2) is 157 Å². The summed E-state index contributed by atoms with van der Waals surface area (Å²) in [5.41, 5.74) is 13.8. The van der Waals surface area contributed by atoms with Crippen molar-refractivity contribution >= 4 is 54.6 Å². The molecule has 3 nitrogen and oxygen atoms in total. The molecule has 0 heterocycles. The summed E-state index contributed by atoms with van der Waals surface area (Å²) in [6.07, 6.45) is 0. The zero-order valence-corrected chi connectivity index (χ0v) is 25.1. The molecule has 0 unspecified atom stereocenters. The van der Waals surface area contributed by atoms with Gasteiger partial charge in [-0.2, -0.15) is 0 Å². The zero-order chi connectivity index (χ0) is 31.0. The third-order valence-corrected chi connectivity index (χ3v) is 8.94. The Morgan fingerprint density at radius 1 is 0.500 bits per heavy atom. The van der Waals surface area contributed by atoms with E-state index in [1.54, 1.807) is 0 Å². The highest BCUT2D eigenvalue weighted by atomic mass is 14.8. The van der Waals surface area contributed by atoms with Gasteiger partial charge >= 0.3 is 0 Å². The van der Waals surface area contributed by atoms with Crippen LogP contribution in [0.25, 0.3) is 70.2 Å². The number of nitrogens with zero attached hydrogens (tertiary/aromatic N) is 2. The maximum atomic E-state index is 7.73. The standard InChI is InChI=1S/C43H29N3/c1-45-42-23-22-36(31-16-9-10-21-37(31)42)39-26-41-33-18-6-5-17-32(33)38(25-40(41)35-20-8-7-19-34(35)39)29-14-11-15-30(24-29)43(44)46-27-28-12-3-2-4-13-28/h2-26H,27H2,(H2,44,46). The molecule has 8 aromatic rings. The molecule has 0 saturated carbocycles. The van der Waals surface area contributed by atoms with Crippen LogP contribution in [0.2, 0.25) is 0 Å². The monoisotopic (exact) mass is 587 g/mol. The van der Waals surface area contributed by atoms with Gasteiger partial charge in [0.05, 0.1) is 13.1 Å². The van der Waals surface area contributed by atoms with E-state index in [0.29, 0.717) is 18.1 Å². The summed E-state index contributed by atoms with van der Waals surface area (Å²) in [6, 6.07) is 52.8. The van der Waals surface area contributed by atoms with Crippen molar-refractivity contribution in [1.82, 2.24) is 0 Å². The highest BCUT2D eigenvalue weighted by molar-refractivity contribution is 6.25. The third kappa shape index (κ3) is 4.65. The molecule has 3 heteroatoms. The van der Waals surface area contributed by atoms with Crippen molar-refractivity contribution in [3.05, 3.63) is 174 Å². The van der Waals surface area contributed by atoms with Gasteiger partial charge in [-0.3, -0.25) is 4.99 Å². The Morgan fingerprint density at radius 3 is 1.74 bits per heavy atom. The van der Waals surface area contributed by atoms with Gasteiger partial charge < -0.3 is 5.73 Å². The average Bonchev–Trinajstić information content (AvgIpc) is 3.13. The van der Waals surface area contributed by atoms with Crippen LogP contribution in [0.1, 0.15) is 11.1 Å². The molecule has 0 aliphatic heterocycles. The number of hydrogen-bond acceptors (Lipinski definition) is 1. The van der Waals surface area contributed by atoms with Crippen molar-refractivity contribution in [1.29, 1.82) is 0 Å². The van der Waals surface area contributed by atoms with E-state index < -0.39 is 0 Å². The lowest BCUT2D eigenvalue weighted by Gasteiger charge is -2.17. The van der Waals surface area contributed by atoms with E-state index in [-0.39, 0.29) is 0 Å². The van der Waals surface area contributed by atoms with E-state index >= 15 is 0 Å². The van der Waals surface area contributed by atoms with E-state index in [1.807, 2.05) is 42.5 Å². The van der Waals surface area contributed by atoms with Crippen LogP contribution in [0.5, 0.6) is 0 Å². The van der Waals surface area contributed by atoms with E-state index in [0.717, 1.165) is 44.2 Å². The van der Waals surface area contributed by atoms with Crippen LogP contribution in [0.4, 0.5) is 5.69 Å². The van der Waals surface area contributed by atoms with Gasteiger partial charge in [-0.05, 0) is 89.1 Å². The number of benzene rings is 8. The number of amidine groups is 1. The molecule has 46 heavy (non-hydrogen) atoms. The predicted octanol–water partition coefficient (Wildman–Crippen LogP) is 11.1. The molecule has 0 amide bonds. The molecule has 0 fully saturated rings. The quantitative estimate of drug-likeness (QED) is 0.0925. The van der Waals surface area contributed by atoms with Crippen molar-refractivity contribution in [2.75, 3.05) is 0 Å². The fourth-order valence-electron chi connectivity index (χ4n) is 6.73. The smallest absolute Gasteiger partial charge is 0.194 e. The zero-order valence-electron chi connectivity index (χ0n) is 25.1. The van der Waals surface area contributed by atoms with Crippen LogP contribution in [0, 0.1) is 6.57 Å². The molecule has 0 bridgehead atoms. The summed E-state index contributed by atoms with van der Waals surface area (Å²) in [6.45, 7) is 8.27.